The van der Waals surface area contributed by atoms with Gasteiger partial charge in [0.05, 0.1) is 6.61 Å². The lowest BCUT2D eigenvalue weighted by Gasteiger charge is -2.42. The fourth-order valence-corrected chi connectivity index (χ4v) is 3.75. The molecular weight excluding hydrogens is 264 g/mol. The van der Waals surface area contributed by atoms with Crippen LogP contribution in [0.4, 0.5) is 0 Å². The normalized spacial score (nSPS) is 26.4. The molecular formula is C17H36N2O2. The maximum atomic E-state index is 6.05. The quantitative estimate of drug-likeness (QED) is 0.596. The molecule has 1 aliphatic rings. The monoisotopic (exact) mass is 300 g/mol. The minimum Gasteiger partial charge on any atom is -0.385 e. The highest BCUT2D eigenvalue weighted by molar-refractivity contribution is 4.87. The second-order valence-electron chi connectivity index (χ2n) is 6.41. The number of hydrogen-bond donors (Lipinski definition) is 1. The zero-order valence-electron chi connectivity index (χ0n) is 14.4. The molecule has 3 unspecified atom stereocenters. The van der Waals surface area contributed by atoms with Crippen LogP contribution < -0.4 is 5.73 Å². The summed E-state index contributed by atoms with van der Waals surface area (Å²) in [6.45, 7) is 6.86. The highest BCUT2D eigenvalue weighted by atomic mass is 16.5. The van der Waals surface area contributed by atoms with Gasteiger partial charge in [-0.2, -0.15) is 0 Å². The molecule has 1 aliphatic carbocycles. The van der Waals surface area contributed by atoms with E-state index in [1.165, 1.54) is 32.1 Å². The Morgan fingerprint density at radius 1 is 1.10 bits per heavy atom. The lowest BCUT2D eigenvalue weighted by Crippen LogP contribution is -2.48. The van der Waals surface area contributed by atoms with Crippen molar-refractivity contribution in [3.05, 3.63) is 0 Å². The Morgan fingerprint density at radius 2 is 1.86 bits per heavy atom. The average molecular weight is 300 g/mol. The number of nitrogens with two attached hydrogens (primary N) is 1. The fraction of sp³-hybridized carbons (Fsp3) is 1.00. The molecule has 2 N–H and O–H groups in total. The molecule has 21 heavy (non-hydrogen) atoms. The van der Waals surface area contributed by atoms with Gasteiger partial charge in [0.25, 0.3) is 0 Å². The number of rotatable bonds is 11. The van der Waals surface area contributed by atoms with Gasteiger partial charge in [0, 0.05) is 40.0 Å². The summed E-state index contributed by atoms with van der Waals surface area (Å²) in [6.07, 6.45) is 7.72. The number of methoxy groups -OCH3 is 2. The van der Waals surface area contributed by atoms with Crippen LogP contribution in [0, 0.1) is 11.8 Å². The van der Waals surface area contributed by atoms with Gasteiger partial charge in [0.2, 0.25) is 0 Å². The van der Waals surface area contributed by atoms with Crippen LogP contribution in [-0.4, -0.2) is 58.0 Å². The number of hydrogen-bond acceptors (Lipinski definition) is 4. The summed E-state index contributed by atoms with van der Waals surface area (Å²) in [5.74, 6) is 1.53. The summed E-state index contributed by atoms with van der Waals surface area (Å²) in [4.78, 5) is 2.61. The third-order valence-corrected chi connectivity index (χ3v) is 4.91. The Morgan fingerprint density at radius 3 is 2.48 bits per heavy atom. The molecule has 0 radical (unpaired) electrons. The van der Waals surface area contributed by atoms with Gasteiger partial charge in [-0.1, -0.05) is 26.2 Å². The van der Waals surface area contributed by atoms with Crippen molar-refractivity contribution in [2.75, 3.05) is 47.1 Å². The molecule has 0 aromatic carbocycles. The van der Waals surface area contributed by atoms with Crippen LogP contribution >= 0.6 is 0 Å². The molecule has 1 fully saturated rings. The summed E-state index contributed by atoms with van der Waals surface area (Å²) < 4.78 is 10.5. The number of nitrogens with zero attached hydrogens (tertiary/aromatic N) is 1. The van der Waals surface area contributed by atoms with E-state index in [1.807, 2.05) is 0 Å². The molecule has 0 bridgehead atoms. The van der Waals surface area contributed by atoms with Crippen molar-refractivity contribution in [1.29, 1.82) is 0 Å². The first-order valence-corrected chi connectivity index (χ1v) is 8.68. The Balaban J connectivity index is 2.63. The minimum absolute atomic E-state index is 0.632. The molecule has 0 amide bonds. The van der Waals surface area contributed by atoms with Crippen molar-refractivity contribution in [2.24, 2.45) is 17.6 Å². The maximum Gasteiger partial charge on any atom is 0.0589 e. The van der Waals surface area contributed by atoms with Crippen LogP contribution in [0.15, 0.2) is 0 Å². The van der Waals surface area contributed by atoms with Crippen LogP contribution in [0.3, 0.4) is 0 Å². The zero-order chi connectivity index (χ0) is 15.5. The van der Waals surface area contributed by atoms with E-state index in [0.29, 0.717) is 12.0 Å². The van der Waals surface area contributed by atoms with Crippen molar-refractivity contribution < 1.29 is 9.47 Å². The molecule has 1 saturated carbocycles. The molecule has 126 valence electrons. The Bertz CT molecular complexity index is 251. The van der Waals surface area contributed by atoms with Gasteiger partial charge in [-0.05, 0) is 37.6 Å². The Kier molecular flexibility index (Phi) is 10.3. The van der Waals surface area contributed by atoms with E-state index in [0.717, 1.165) is 45.2 Å². The highest BCUT2D eigenvalue weighted by Crippen LogP contribution is 2.34. The summed E-state index contributed by atoms with van der Waals surface area (Å²) in [7, 11) is 3.56. The summed E-state index contributed by atoms with van der Waals surface area (Å²) in [5.41, 5.74) is 6.05. The van der Waals surface area contributed by atoms with Crippen molar-refractivity contribution in [1.82, 2.24) is 4.90 Å². The van der Waals surface area contributed by atoms with Crippen LogP contribution in [-0.2, 0) is 9.47 Å². The summed E-state index contributed by atoms with van der Waals surface area (Å²) in [6, 6.07) is 0.632. The smallest absolute Gasteiger partial charge is 0.0589 e. The topological polar surface area (TPSA) is 47.7 Å². The van der Waals surface area contributed by atoms with Crippen molar-refractivity contribution >= 4 is 0 Å². The van der Waals surface area contributed by atoms with E-state index in [4.69, 9.17) is 15.2 Å². The number of ether oxygens (including phenoxy) is 2. The van der Waals surface area contributed by atoms with E-state index < -0.39 is 0 Å². The van der Waals surface area contributed by atoms with E-state index >= 15 is 0 Å². The molecule has 0 aromatic rings. The second-order valence-corrected chi connectivity index (χ2v) is 6.41. The second kappa shape index (κ2) is 11.4. The minimum atomic E-state index is 0.632. The Labute approximate surface area is 131 Å². The predicted octanol–water partition coefficient (Wildman–Crippen LogP) is 2.52. The fourth-order valence-electron chi connectivity index (χ4n) is 3.75. The van der Waals surface area contributed by atoms with E-state index in [-0.39, 0.29) is 0 Å². The van der Waals surface area contributed by atoms with Gasteiger partial charge < -0.3 is 15.2 Å². The standard InChI is InChI=1S/C17H36N2O2/c1-4-6-15-7-8-16(14-18)17(13-15)19(10-12-21-3)9-5-11-20-2/h15-17H,4-14,18H2,1-3H3. The van der Waals surface area contributed by atoms with Crippen LogP contribution in [0.2, 0.25) is 0 Å². The highest BCUT2D eigenvalue weighted by Gasteiger charge is 2.32. The zero-order valence-corrected chi connectivity index (χ0v) is 14.4. The van der Waals surface area contributed by atoms with Gasteiger partial charge in [0.15, 0.2) is 0 Å². The largest absolute Gasteiger partial charge is 0.385 e. The molecule has 4 nitrogen and oxygen atoms in total. The molecule has 4 heteroatoms. The SMILES string of the molecule is CCCC1CCC(CN)C(N(CCCOC)CCOC)C1. The third kappa shape index (κ3) is 6.64. The lowest BCUT2D eigenvalue weighted by molar-refractivity contribution is 0.0483. The van der Waals surface area contributed by atoms with Gasteiger partial charge >= 0.3 is 0 Å². The molecule has 0 saturated heterocycles. The first-order valence-electron chi connectivity index (χ1n) is 8.68. The predicted molar refractivity (Wildman–Crippen MR) is 88.5 cm³/mol. The Hall–Kier alpha value is -0.160. The molecule has 0 spiro atoms. The van der Waals surface area contributed by atoms with Crippen LogP contribution in [0.25, 0.3) is 0 Å². The molecule has 3 atom stereocenters. The summed E-state index contributed by atoms with van der Waals surface area (Å²) >= 11 is 0. The van der Waals surface area contributed by atoms with E-state index in [1.54, 1.807) is 14.2 Å². The third-order valence-electron chi connectivity index (χ3n) is 4.91. The first kappa shape index (κ1) is 18.9. The van der Waals surface area contributed by atoms with Gasteiger partial charge in [-0.15, -0.1) is 0 Å². The van der Waals surface area contributed by atoms with Gasteiger partial charge in [-0.25, -0.2) is 0 Å². The molecule has 0 heterocycles. The van der Waals surface area contributed by atoms with Crippen LogP contribution in [0.1, 0.15) is 45.4 Å². The molecule has 1 rings (SSSR count). The van der Waals surface area contributed by atoms with E-state index in [2.05, 4.69) is 11.8 Å². The average Bonchev–Trinajstić information content (AvgIpc) is 2.51. The lowest BCUT2D eigenvalue weighted by atomic mass is 9.76. The molecule has 0 aromatic heterocycles. The van der Waals surface area contributed by atoms with Crippen molar-refractivity contribution in [3.63, 3.8) is 0 Å². The first-order chi connectivity index (χ1) is 10.3. The van der Waals surface area contributed by atoms with Crippen LogP contribution in [0.5, 0.6) is 0 Å². The van der Waals surface area contributed by atoms with Gasteiger partial charge in [0.1, 0.15) is 0 Å². The van der Waals surface area contributed by atoms with E-state index in [9.17, 15) is 0 Å². The van der Waals surface area contributed by atoms with Crippen molar-refractivity contribution in [2.45, 2.75) is 51.5 Å². The van der Waals surface area contributed by atoms with Gasteiger partial charge in [-0.3, -0.25) is 4.90 Å². The maximum absolute atomic E-state index is 6.05. The summed E-state index contributed by atoms with van der Waals surface area (Å²) in [5, 5.41) is 0. The molecule has 0 aliphatic heterocycles. The van der Waals surface area contributed by atoms with Crippen molar-refractivity contribution in [3.8, 4) is 0 Å².